The predicted molar refractivity (Wildman–Crippen MR) is 81.8 cm³/mol. The minimum atomic E-state index is 0.300. The molecule has 2 unspecified atom stereocenters. The van der Waals surface area contributed by atoms with Crippen molar-refractivity contribution >= 4 is 34.7 Å². The number of anilines is 1. The van der Waals surface area contributed by atoms with Crippen LogP contribution in [0.2, 0.25) is 5.15 Å². The first kappa shape index (κ1) is 13.2. The van der Waals surface area contributed by atoms with Gasteiger partial charge in [0.1, 0.15) is 0 Å². The van der Waals surface area contributed by atoms with Crippen molar-refractivity contribution in [2.45, 2.75) is 18.4 Å². The van der Waals surface area contributed by atoms with E-state index >= 15 is 0 Å². The van der Waals surface area contributed by atoms with Crippen molar-refractivity contribution < 1.29 is 0 Å². The van der Waals surface area contributed by atoms with Crippen molar-refractivity contribution in [2.75, 3.05) is 5.32 Å². The Morgan fingerprint density at radius 1 is 1.20 bits per heavy atom. The Balaban J connectivity index is 1.55. The maximum atomic E-state index is 5.91. The van der Waals surface area contributed by atoms with Crippen molar-refractivity contribution in [1.29, 1.82) is 0 Å². The molecule has 5 nitrogen and oxygen atoms in total. The molecule has 20 heavy (non-hydrogen) atoms. The Morgan fingerprint density at radius 2 is 2.05 bits per heavy atom. The van der Waals surface area contributed by atoms with Crippen LogP contribution in [0.5, 0.6) is 0 Å². The molecule has 2 atom stereocenters. The van der Waals surface area contributed by atoms with E-state index in [0.717, 1.165) is 12.1 Å². The van der Waals surface area contributed by atoms with Gasteiger partial charge in [-0.1, -0.05) is 17.7 Å². The first-order valence-electron chi connectivity index (χ1n) is 6.19. The van der Waals surface area contributed by atoms with E-state index in [-0.39, 0.29) is 0 Å². The van der Waals surface area contributed by atoms with Gasteiger partial charge in [-0.2, -0.15) is 0 Å². The van der Waals surface area contributed by atoms with E-state index in [1.165, 1.54) is 6.20 Å². The summed E-state index contributed by atoms with van der Waals surface area (Å²) in [5.41, 5.74) is 1.09. The maximum absolute atomic E-state index is 5.91. The predicted octanol–water partition coefficient (Wildman–Crippen LogP) is 2.37. The number of aromatic nitrogens is 3. The Bertz CT molecular complexity index is 621. The first-order chi connectivity index (χ1) is 9.74. The highest BCUT2D eigenvalue weighted by molar-refractivity contribution is 7.80. The summed E-state index contributed by atoms with van der Waals surface area (Å²) >= 11 is 11.2. The third-order valence-corrected chi connectivity index (χ3v) is 3.56. The van der Waals surface area contributed by atoms with E-state index in [2.05, 4.69) is 25.6 Å². The van der Waals surface area contributed by atoms with Crippen molar-refractivity contribution in [2.24, 2.45) is 0 Å². The van der Waals surface area contributed by atoms with Gasteiger partial charge in [0.25, 0.3) is 0 Å². The van der Waals surface area contributed by atoms with Gasteiger partial charge in [0, 0.05) is 36.2 Å². The zero-order chi connectivity index (χ0) is 13.9. The smallest absolute Gasteiger partial charge is 0.172 e. The number of pyridine rings is 1. The minimum absolute atomic E-state index is 0.300. The lowest BCUT2D eigenvalue weighted by atomic mass is 10.2. The molecule has 2 heterocycles. The average Bonchev–Trinajstić information content (AvgIpc) is 3.21. The summed E-state index contributed by atoms with van der Waals surface area (Å²) in [4.78, 5) is 12.4. The fraction of sp³-hybridized carbons (Fsp3) is 0.231. The largest absolute Gasteiger partial charge is 0.359 e. The van der Waals surface area contributed by atoms with E-state index in [1.54, 1.807) is 12.4 Å². The van der Waals surface area contributed by atoms with Crippen LogP contribution in [0.1, 0.15) is 18.0 Å². The summed E-state index contributed by atoms with van der Waals surface area (Å²) in [6.07, 6.45) is 5.92. The lowest BCUT2D eigenvalue weighted by Gasteiger charge is -2.10. The quantitative estimate of drug-likeness (QED) is 0.849. The van der Waals surface area contributed by atoms with E-state index < -0.39 is 0 Å². The van der Waals surface area contributed by atoms with Gasteiger partial charge in [-0.3, -0.25) is 4.98 Å². The van der Waals surface area contributed by atoms with Crippen LogP contribution < -0.4 is 10.6 Å². The summed E-state index contributed by atoms with van der Waals surface area (Å²) in [5.74, 6) is 0.870. The van der Waals surface area contributed by atoms with Gasteiger partial charge in [0.15, 0.2) is 16.1 Å². The number of hydrogen-bond donors (Lipinski definition) is 2. The molecule has 0 bridgehead atoms. The fourth-order valence-electron chi connectivity index (χ4n) is 1.99. The Kier molecular flexibility index (Phi) is 3.75. The molecule has 0 aliphatic heterocycles. The molecule has 2 aromatic rings. The summed E-state index contributed by atoms with van der Waals surface area (Å²) in [7, 11) is 0. The fourth-order valence-corrected chi connectivity index (χ4v) is 2.39. The van der Waals surface area contributed by atoms with Crippen LogP contribution in [0.15, 0.2) is 36.8 Å². The number of nitrogens with one attached hydrogen (secondary N) is 2. The molecule has 0 spiro atoms. The average molecular weight is 306 g/mol. The second-order valence-corrected chi connectivity index (χ2v) is 5.26. The number of nitrogens with zero attached hydrogens (tertiary/aromatic N) is 3. The van der Waals surface area contributed by atoms with Gasteiger partial charge in [-0.15, -0.1) is 0 Å². The third-order valence-electron chi connectivity index (χ3n) is 3.06. The van der Waals surface area contributed by atoms with Crippen molar-refractivity contribution in [3.8, 4) is 0 Å². The second kappa shape index (κ2) is 5.68. The van der Waals surface area contributed by atoms with E-state index in [0.29, 0.717) is 28.0 Å². The second-order valence-electron chi connectivity index (χ2n) is 4.50. The number of halogens is 1. The summed E-state index contributed by atoms with van der Waals surface area (Å²) in [5, 5.41) is 6.98. The lowest BCUT2D eigenvalue weighted by Crippen LogP contribution is -2.31. The first-order valence-corrected chi connectivity index (χ1v) is 6.97. The topological polar surface area (TPSA) is 62.7 Å². The molecule has 1 aliphatic rings. The molecule has 0 aromatic carbocycles. The number of thiocarbonyl (C=S) groups is 1. The Morgan fingerprint density at radius 3 is 2.80 bits per heavy atom. The Hall–Kier alpha value is -1.79. The highest BCUT2D eigenvalue weighted by Gasteiger charge is 2.39. The van der Waals surface area contributed by atoms with Crippen LogP contribution in [0, 0.1) is 0 Å². The molecular formula is C13H12ClN5S. The minimum Gasteiger partial charge on any atom is -0.359 e. The van der Waals surface area contributed by atoms with Crippen LogP contribution in [0.25, 0.3) is 0 Å². The van der Waals surface area contributed by atoms with Gasteiger partial charge < -0.3 is 10.6 Å². The van der Waals surface area contributed by atoms with E-state index in [4.69, 9.17) is 23.8 Å². The van der Waals surface area contributed by atoms with Crippen LogP contribution in [0.3, 0.4) is 0 Å². The normalized spacial score (nSPS) is 20.2. The molecule has 1 aliphatic carbocycles. The van der Waals surface area contributed by atoms with Gasteiger partial charge in [0.05, 0.1) is 0 Å². The molecule has 1 saturated carbocycles. The van der Waals surface area contributed by atoms with Crippen molar-refractivity contribution in [3.05, 3.63) is 47.6 Å². The molecule has 2 N–H and O–H groups in total. The monoisotopic (exact) mass is 305 g/mol. The summed E-state index contributed by atoms with van der Waals surface area (Å²) in [6.45, 7) is 0. The molecule has 7 heteroatoms. The molecule has 1 fully saturated rings. The van der Waals surface area contributed by atoms with Crippen LogP contribution >= 0.6 is 23.8 Å². The van der Waals surface area contributed by atoms with Gasteiger partial charge in [0.2, 0.25) is 0 Å². The number of hydrogen-bond acceptors (Lipinski definition) is 4. The molecular weight excluding hydrogens is 294 g/mol. The van der Waals surface area contributed by atoms with Gasteiger partial charge in [-0.05, 0) is 30.8 Å². The van der Waals surface area contributed by atoms with E-state index in [9.17, 15) is 0 Å². The maximum Gasteiger partial charge on any atom is 0.172 e. The van der Waals surface area contributed by atoms with Crippen LogP contribution in [0.4, 0.5) is 5.82 Å². The van der Waals surface area contributed by atoms with Crippen molar-refractivity contribution in [3.63, 3.8) is 0 Å². The SMILES string of the molecule is S=C(Nc1nccnc1Cl)NC1CC1c1ccccn1. The molecule has 3 rings (SSSR count). The van der Waals surface area contributed by atoms with Gasteiger partial charge >= 0.3 is 0 Å². The van der Waals surface area contributed by atoms with Crippen molar-refractivity contribution in [1.82, 2.24) is 20.3 Å². The van der Waals surface area contributed by atoms with E-state index in [1.807, 2.05) is 18.2 Å². The highest BCUT2D eigenvalue weighted by atomic mass is 35.5. The number of rotatable bonds is 3. The summed E-state index contributed by atoms with van der Waals surface area (Å²) < 4.78 is 0. The zero-order valence-corrected chi connectivity index (χ0v) is 12.0. The Labute approximate surface area is 126 Å². The lowest BCUT2D eigenvalue weighted by molar-refractivity contribution is 0.858. The van der Waals surface area contributed by atoms with Gasteiger partial charge in [-0.25, -0.2) is 9.97 Å². The molecule has 2 aromatic heterocycles. The molecule has 0 amide bonds. The third kappa shape index (κ3) is 3.02. The molecule has 0 radical (unpaired) electrons. The molecule has 102 valence electrons. The highest BCUT2D eigenvalue weighted by Crippen LogP contribution is 2.39. The van der Waals surface area contributed by atoms with Crippen LogP contribution in [-0.2, 0) is 0 Å². The molecule has 0 saturated heterocycles. The summed E-state index contributed by atoms with van der Waals surface area (Å²) in [6, 6.07) is 6.24. The van der Waals surface area contributed by atoms with Crippen LogP contribution in [-0.4, -0.2) is 26.1 Å². The standard InChI is InChI=1S/C13H12ClN5S/c14-11-12(17-6-5-16-11)19-13(20)18-10-7-8(10)9-3-1-2-4-15-9/h1-6,8,10H,7H2,(H2,17,18,19,20). The zero-order valence-electron chi connectivity index (χ0n) is 10.5.